The molecule has 0 bridgehead atoms. The van der Waals surface area contributed by atoms with Crippen LogP contribution in [0, 0.1) is 55.4 Å². The summed E-state index contributed by atoms with van der Waals surface area (Å²) in [5.41, 5.74) is 11.8. The Hall–Kier alpha value is -13.0. The number of allylic oxidation sites excluding steroid dienone is 2. The van der Waals surface area contributed by atoms with Crippen LogP contribution < -0.4 is 0 Å². The molecule has 1 atom stereocenters. The number of aromatic nitrogens is 20. The minimum Gasteiger partial charge on any atom is -0.361 e. The van der Waals surface area contributed by atoms with Gasteiger partial charge in [-0.1, -0.05) is 39.9 Å². The van der Waals surface area contributed by atoms with Crippen molar-refractivity contribution >= 4 is 44.1 Å². The number of ether oxygens (including phenoxy) is 2. The fraction of sp³-hybridized carbons (Fsp3) is 0.426. The third-order valence-corrected chi connectivity index (χ3v) is 26.3. The first kappa shape index (κ1) is 92.5. The zero-order valence-electron chi connectivity index (χ0n) is 74.6. The number of hydrogen-bond donors (Lipinski definition) is 0. The number of halogens is 15. The minimum absolute atomic E-state index is 0.0248. The quantitative estimate of drug-likeness (QED) is 0.0642. The largest absolute Gasteiger partial charge is 0.361 e. The standard InChI is InChI=1S/C25H26F3N5O3.C23H22F5N5O.C23H21F4N5O.C23H24F3N5O/c1-15-21(16(2)36-31-15)17-9-20-22(29-10-17)19(18-11-30-33(12-18)23(26)27)13-32(20)14-24(28)3-5-25(6-4-24)34-7-8-35-25;1-13-19(14(2)34-31-13)15-7-18-20(29-8-15)17(16-9-30-33(10-16)21(24)25)11-32(18)12-22(26)3-5-23(27,28)6-4-22;1-13-20(14(2)33-30-13)15-7-19-21(28-8-15)18(16-9-29-32(10-16)22(25)26)11-31(19)12-23(27)5-3-17(24)4-6-23;1-14-20(15(2)32-29-14)16-8-19-21(27-9-16)18(17-10-28-31(11-17)22(24)25)12-30(19)13-23(26)6-4-3-5-7-23/h9-13,23H,3-8,14H2,1-2H3;7-11,21H,3-6,12H2,1-2H3;3,7-11,22H,4-6,12H2,1-2H3;8-12,22H,3-7,13H2,1-2H3. The van der Waals surface area contributed by atoms with E-state index in [4.69, 9.17) is 27.6 Å². The Morgan fingerprint density at radius 1 is 0.326 bits per heavy atom. The van der Waals surface area contributed by atoms with E-state index in [0.29, 0.717) is 194 Å². The molecule has 4 aliphatic carbocycles. The van der Waals surface area contributed by atoms with E-state index < -0.39 is 73.4 Å². The Labute approximate surface area is 760 Å². The molecule has 4 fully saturated rings. The fourth-order valence-corrected chi connectivity index (χ4v) is 19.3. The van der Waals surface area contributed by atoms with Crippen molar-refractivity contribution in [2.75, 3.05) is 13.2 Å². The second kappa shape index (κ2) is 36.4. The van der Waals surface area contributed by atoms with Gasteiger partial charge in [0.15, 0.2) is 5.79 Å². The molecular weight excluding hydrogens is 1790 g/mol. The van der Waals surface area contributed by atoms with Crippen molar-refractivity contribution in [3.8, 4) is 89.0 Å². The molecule has 1 unspecified atom stereocenters. The van der Waals surface area contributed by atoms with E-state index in [0.717, 1.165) is 75.1 Å². The maximum Gasteiger partial charge on any atom is 0.333 e. The number of rotatable bonds is 20. The van der Waals surface area contributed by atoms with Crippen molar-refractivity contribution < 1.29 is 93.4 Å². The zero-order valence-corrected chi connectivity index (χ0v) is 74.6. The van der Waals surface area contributed by atoms with Crippen LogP contribution in [-0.2, 0) is 35.7 Å². The average molecular weight is 1880 g/mol. The number of nitrogens with zero attached hydrogens (tertiary/aromatic N) is 20. The van der Waals surface area contributed by atoms with Gasteiger partial charge >= 0.3 is 26.2 Å². The molecule has 0 aromatic carbocycles. The third kappa shape index (κ3) is 18.8. The van der Waals surface area contributed by atoms with Crippen molar-refractivity contribution in [1.29, 1.82) is 0 Å². The van der Waals surface area contributed by atoms with Gasteiger partial charge < -0.3 is 45.8 Å². The summed E-state index contributed by atoms with van der Waals surface area (Å²) >= 11 is 0. The van der Waals surface area contributed by atoms with Crippen LogP contribution in [0.3, 0.4) is 0 Å². The van der Waals surface area contributed by atoms with Crippen LogP contribution in [0.5, 0.6) is 0 Å². The molecule has 17 heterocycles. The molecule has 0 radical (unpaired) electrons. The van der Waals surface area contributed by atoms with Crippen molar-refractivity contribution in [3.05, 3.63) is 181 Å². The van der Waals surface area contributed by atoms with Crippen LogP contribution in [0.25, 0.3) is 133 Å². The summed E-state index contributed by atoms with van der Waals surface area (Å²) in [5, 5.41) is 30.9. The highest BCUT2D eigenvalue weighted by atomic mass is 19.3. The monoisotopic (exact) mass is 1880 g/mol. The Morgan fingerprint density at radius 2 is 0.607 bits per heavy atom. The molecule has 16 aromatic heterocycles. The summed E-state index contributed by atoms with van der Waals surface area (Å²) in [5.74, 6) is -1.28. The molecule has 26 nitrogen and oxygen atoms in total. The lowest BCUT2D eigenvalue weighted by atomic mass is 9.82. The van der Waals surface area contributed by atoms with Crippen LogP contribution in [0.4, 0.5) is 65.9 Å². The van der Waals surface area contributed by atoms with Gasteiger partial charge in [0.2, 0.25) is 5.92 Å². The summed E-state index contributed by atoms with van der Waals surface area (Å²) in [6.07, 6.45) is 29.1. The van der Waals surface area contributed by atoms with E-state index in [-0.39, 0.29) is 64.1 Å². The first-order valence-corrected chi connectivity index (χ1v) is 44.1. The number of hydrogen-bond acceptors (Lipinski definition) is 18. The minimum atomic E-state index is -2.86. The summed E-state index contributed by atoms with van der Waals surface area (Å²) in [6, 6.07) is 7.53. The van der Waals surface area contributed by atoms with Gasteiger partial charge in [-0.3, -0.25) is 19.9 Å². The lowest BCUT2D eigenvalue weighted by molar-refractivity contribution is -0.194. The molecule has 21 rings (SSSR count). The third-order valence-electron chi connectivity index (χ3n) is 26.3. The molecule has 41 heteroatoms. The molecule has 5 aliphatic rings. The lowest BCUT2D eigenvalue weighted by Gasteiger charge is -2.39. The van der Waals surface area contributed by atoms with E-state index in [1.54, 1.807) is 85.5 Å². The van der Waals surface area contributed by atoms with Gasteiger partial charge in [-0.05, 0) is 131 Å². The van der Waals surface area contributed by atoms with Gasteiger partial charge in [-0.25, -0.2) is 49.5 Å². The summed E-state index contributed by atoms with van der Waals surface area (Å²) in [6.45, 7) is 4.64. The maximum absolute atomic E-state index is 16.2. The number of aryl methyl sites for hydroxylation is 8. The van der Waals surface area contributed by atoms with Crippen LogP contribution in [0.1, 0.15) is 175 Å². The summed E-state index contributed by atoms with van der Waals surface area (Å²) in [4.78, 5) is 18.5. The van der Waals surface area contributed by atoms with E-state index >= 15 is 17.6 Å². The maximum atomic E-state index is 16.2. The highest BCUT2D eigenvalue weighted by Crippen LogP contribution is 2.49. The number of pyridine rings is 4. The number of alkyl halides is 14. The molecular formula is C94H93F15N20O6. The smallest absolute Gasteiger partial charge is 0.333 e. The highest BCUT2D eigenvalue weighted by Gasteiger charge is 2.48. The van der Waals surface area contributed by atoms with Crippen molar-refractivity contribution in [3.63, 3.8) is 0 Å². The summed E-state index contributed by atoms with van der Waals surface area (Å²) in [7, 11) is 0. The highest BCUT2D eigenvalue weighted by molar-refractivity contribution is 5.98. The predicted octanol–water partition coefficient (Wildman–Crippen LogP) is 24.6. The van der Waals surface area contributed by atoms with Gasteiger partial charge in [-0.15, -0.1) is 0 Å². The van der Waals surface area contributed by atoms with E-state index in [2.05, 4.69) is 61.0 Å². The Bertz CT molecular complexity index is 6960. The molecule has 1 aliphatic heterocycles. The van der Waals surface area contributed by atoms with Crippen LogP contribution in [-0.4, -0.2) is 146 Å². The van der Waals surface area contributed by atoms with Gasteiger partial charge in [0.25, 0.3) is 0 Å². The fourth-order valence-electron chi connectivity index (χ4n) is 19.3. The zero-order chi connectivity index (χ0) is 95.1. The molecule has 710 valence electrons. The SMILES string of the molecule is Cc1noc(C)c1-c1cnc2c(-c3cnn(C(F)F)c3)cn(CC3(F)CC=C(F)CC3)c2c1.Cc1noc(C)c1-c1cnc2c(-c3cnn(C(F)F)c3)cn(CC3(F)CCC(F)(F)CC3)c2c1.Cc1noc(C)c1-c1cnc2c(-c3cnn(C(F)F)c3)cn(CC3(F)CCC4(CC3)OCCO4)c2c1.Cc1noc(C)c1-c1cnc2c(-c3cnn(C(F)F)c3)cn(CC3(F)CCCCC3)c2c1. The van der Waals surface area contributed by atoms with Crippen LogP contribution in [0.15, 0.2) is 153 Å². The van der Waals surface area contributed by atoms with E-state index in [1.165, 1.54) is 55.7 Å². The van der Waals surface area contributed by atoms with Gasteiger partial charge in [0, 0.05) is 202 Å². The number of fused-ring (bicyclic) bond motifs is 4. The van der Waals surface area contributed by atoms with Crippen molar-refractivity contribution in [2.24, 2.45) is 0 Å². The van der Waals surface area contributed by atoms with Crippen LogP contribution >= 0.6 is 0 Å². The van der Waals surface area contributed by atoms with Crippen LogP contribution in [0.2, 0.25) is 0 Å². The molecule has 16 aromatic rings. The Kier molecular flexibility index (Phi) is 24.9. The van der Waals surface area contributed by atoms with Crippen molar-refractivity contribution in [2.45, 2.75) is 245 Å². The molecule has 1 saturated heterocycles. The Morgan fingerprint density at radius 3 is 0.867 bits per heavy atom. The predicted molar refractivity (Wildman–Crippen MR) is 467 cm³/mol. The second-order valence-corrected chi connectivity index (χ2v) is 35.8. The van der Waals surface area contributed by atoms with Gasteiger partial charge in [-0.2, -0.15) is 55.5 Å². The van der Waals surface area contributed by atoms with Gasteiger partial charge in [0.1, 0.15) is 45.7 Å². The average Bonchev–Trinajstić information content (AvgIpc) is 1.62. The molecule has 3 saturated carbocycles. The van der Waals surface area contributed by atoms with E-state index in [1.807, 2.05) is 62.0 Å². The molecule has 0 N–H and O–H groups in total. The topological polar surface area (TPSA) is 265 Å². The second-order valence-electron chi connectivity index (χ2n) is 35.8. The summed E-state index contributed by atoms with van der Waals surface area (Å²) < 4.78 is 251. The molecule has 1 spiro atoms. The van der Waals surface area contributed by atoms with Crippen molar-refractivity contribution in [1.82, 2.24) is 98.0 Å². The molecule has 135 heavy (non-hydrogen) atoms. The van der Waals surface area contributed by atoms with E-state index in [9.17, 15) is 48.3 Å². The molecule has 0 amide bonds. The first-order valence-electron chi connectivity index (χ1n) is 44.1. The lowest BCUT2D eigenvalue weighted by Crippen LogP contribution is -2.43. The normalized spacial score (nSPS) is 18.8. The van der Waals surface area contributed by atoms with Gasteiger partial charge in [0.05, 0.1) is 137 Å². The first-order chi connectivity index (χ1) is 64.4. The Balaban J connectivity index is 0.000000120.